The molecule has 4 nitrogen and oxygen atoms in total. The van der Waals surface area contributed by atoms with Crippen molar-refractivity contribution in [2.24, 2.45) is 11.7 Å². The lowest BCUT2D eigenvalue weighted by atomic mass is 9.83. The van der Waals surface area contributed by atoms with Crippen LogP contribution >= 0.6 is 0 Å². The average molecular weight is 256 g/mol. The maximum atomic E-state index is 11.7. The summed E-state index contributed by atoms with van der Waals surface area (Å²) in [6, 6.07) is 0.347. The molecular formula is C14H28N2O2. The zero-order valence-electron chi connectivity index (χ0n) is 12.0. The van der Waals surface area contributed by atoms with E-state index in [0.717, 1.165) is 19.3 Å². The van der Waals surface area contributed by atoms with Gasteiger partial charge in [-0.25, -0.2) is 0 Å². The quantitative estimate of drug-likeness (QED) is 0.762. The Morgan fingerprint density at radius 1 is 1.44 bits per heavy atom. The van der Waals surface area contributed by atoms with Crippen molar-refractivity contribution in [1.82, 2.24) is 5.32 Å². The van der Waals surface area contributed by atoms with Gasteiger partial charge in [0.15, 0.2) is 0 Å². The molecule has 0 bridgehead atoms. The highest BCUT2D eigenvalue weighted by atomic mass is 16.5. The van der Waals surface area contributed by atoms with Gasteiger partial charge in [0, 0.05) is 26.1 Å². The lowest BCUT2D eigenvalue weighted by Crippen LogP contribution is -2.39. The largest absolute Gasteiger partial charge is 0.377 e. The van der Waals surface area contributed by atoms with Crippen LogP contribution in [0.3, 0.4) is 0 Å². The first-order valence-electron chi connectivity index (χ1n) is 7.00. The van der Waals surface area contributed by atoms with E-state index in [9.17, 15) is 4.79 Å². The Hall–Kier alpha value is -0.610. The molecule has 0 spiro atoms. The van der Waals surface area contributed by atoms with E-state index in [4.69, 9.17) is 10.5 Å². The van der Waals surface area contributed by atoms with Crippen LogP contribution < -0.4 is 11.1 Å². The smallest absolute Gasteiger partial charge is 0.220 e. The van der Waals surface area contributed by atoms with E-state index >= 15 is 0 Å². The highest BCUT2D eigenvalue weighted by Gasteiger charge is 2.21. The number of hydrogen-bond donors (Lipinski definition) is 2. The molecule has 4 heteroatoms. The van der Waals surface area contributed by atoms with Crippen molar-refractivity contribution in [3.63, 3.8) is 0 Å². The molecule has 0 aromatic rings. The number of nitrogens with two attached hydrogens (primary N) is 1. The van der Waals surface area contributed by atoms with E-state index in [1.165, 1.54) is 12.8 Å². The van der Waals surface area contributed by atoms with Gasteiger partial charge < -0.3 is 15.8 Å². The second-order valence-electron chi connectivity index (χ2n) is 6.07. The van der Waals surface area contributed by atoms with Crippen LogP contribution in [0.2, 0.25) is 0 Å². The van der Waals surface area contributed by atoms with Crippen LogP contribution in [0.15, 0.2) is 0 Å². The van der Waals surface area contributed by atoms with Crippen molar-refractivity contribution in [3.05, 3.63) is 0 Å². The molecule has 1 rings (SSSR count). The van der Waals surface area contributed by atoms with Crippen LogP contribution in [0.4, 0.5) is 0 Å². The van der Waals surface area contributed by atoms with Crippen molar-refractivity contribution in [3.8, 4) is 0 Å². The van der Waals surface area contributed by atoms with Gasteiger partial charge in [-0.3, -0.25) is 4.79 Å². The van der Waals surface area contributed by atoms with E-state index in [1.54, 1.807) is 7.11 Å². The Balaban J connectivity index is 2.17. The summed E-state index contributed by atoms with van der Waals surface area (Å²) in [4.78, 5) is 11.7. The maximum Gasteiger partial charge on any atom is 0.220 e. The molecule has 1 fully saturated rings. The fourth-order valence-electron chi connectivity index (χ4n) is 2.40. The van der Waals surface area contributed by atoms with E-state index in [0.29, 0.717) is 24.9 Å². The van der Waals surface area contributed by atoms with E-state index in [1.807, 2.05) is 13.8 Å². The Bertz CT molecular complexity index is 267. The summed E-state index contributed by atoms with van der Waals surface area (Å²) >= 11 is 0. The normalized spacial score (nSPS) is 24.9. The van der Waals surface area contributed by atoms with E-state index in [-0.39, 0.29) is 11.5 Å². The minimum atomic E-state index is -0.289. The molecule has 0 aliphatic heterocycles. The number of amides is 1. The van der Waals surface area contributed by atoms with Gasteiger partial charge in [-0.2, -0.15) is 0 Å². The fourth-order valence-corrected chi connectivity index (χ4v) is 2.40. The van der Waals surface area contributed by atoms with Crippen LogP contribution in [0.25, 0.3) is 0 Å². The molecule has 1 aliphatic rings. The number of carbonyl (C=O) groups is 1. The summed E-state index contributed by atoms with van der Waals surface area (Å²) in [5, 5.41) is 2.93. The second-order valence-corrected chi connectivity index (χ2v) is 6.07. The van der Waals surface area contributed by atoms with Gasteiger partial charge in [-0.1, -0.05) is 12.8 Å². The van der Waals surface area contributed by atoms with Gasteiger partial charge in [0.1, 0.15) is 0 Å². The first-order chi connectivity index (χ1) is 8.43. The number of rotatable bonds is 6. The summed E-state index contributed by atoms with van der Waals surface area (Å²) < 4.78 is 5.27. The van der Waals surface area contributed by atoms with Crippen LogP contribution in [0, 0.1) is 5.92 Å². The lowest BCUT2D eigenvalue weighted by Gasteiger charge is -2.27. The third-order valence-electron chi connectivity index (χ3n) is 3.87. The molecule has 0 heterocycles. The molecule has 0 saturated heterocycles. The molecule has 0 aromatic carbocycles. The summed E-state index contributed by atoms with van der Waals surface area (Å²) in [5.41, 5.74) is 5.66. The second kappa shape index (κ2) is 7.10. The van der Waals surface area contributed by atoms with Gasteiger partial charge >= 0.3 is 0 Å². The van der Waals surface area contributed by atoms with Gasteiger partial charge in [0.25, 0.3) is 0 Å². The van der Waals surface area contributed by atoms with Crippen molar-refractivity contribution in [2.45, 2.75) is 64.0 Å². The third kappa shape index (κ3) is 5.83. The monoisotopic (exact) mass is 256 g/mol. The Labute approximate surface area is 111 Å². The molecule has 1 amide bonds. The molecular weight excluding hydrogens is 228 g/mol. The molecule has 0 radical (unpaired) electrons. The minimum Gasteiger partial charge on any atom is -0.377 e. The van der Waals surface area contributed by atoms with Gasteiger partial charge in [-0.05, 0) is 39.0 Å². The fraction of sp³-hybridized carbons (Fsp3) is 0.929. The van der Waals surface area contributed by atoms with Crippen LogP contribution in [0.5, 0.6) is 0 Å². The van der Waals surface area contributed by atoms with Gasteiger partial charge in [0.05, 0.1) is 5.60 Å². The Morgan fingerprint density at radius 2 is 2.17 bits per heavy atom. The molecule has 1 saturated carbocycles. The predicted octanol–water partition coefficient (Wildman–Crippen LogP) is 1.83. The number of hydrogen-bond acceptors (Lipinski definition) is 3. The Kier molecular flexibility index (Phi) is 6.09. The number of carbonyl (C=O) groups excluding carboxylic acids is 1. The number of methoxy groups -OCH3 is 1. The van der Waals surface area contributed by atoms with Crippen molar-refractivity contribution in [2.75, 3.05) is 13.7 Å². The van der Waals surface area contributed by atoms with Crippen molar-refractivity contribution in [1.29, 1.82) is 0 Å². The Morgan fingerprint density at radius 3 is 2.78 bits per heavy atom. The molecule has 2 atom stereocenters. The zero-order chi connectivity index (χ0) is 13.6. The molecule has 18 heavy (non-hydrogen) atoms. The van der Waals surface area contributed by atoms with Gasteiger partial charge in [-0.15, -0.1) is 0 Å². The number of nitrogens with one attached hydrogen (secondary N) is 1. The van der Waals surface area contributed by atoms with Crippen LogP contribution in [-0.4, -0.2) is 31.2 Å². The highest BCUT2D eigenvalue weighted by Crippen LogP contribution is 2.26. The van der Waals surface area contributed by atoms with Gasteiger partial charge in [0.2, 0.25) is 5.91 Å². The van der Waals surface area contributed by atoms with E-state index in [2.05, 4.69) is 5.32 Å². The third-order valence-corrected chi connectivity index (χ3v) is 3.87. The minimum absolute atomic E-state index is 0.124. The molecule has 0 aromatic heterocycles. The molecule has 2 unspecified atom stereocenters. The van der Waals surface area contributed by atoms with E-state index < -0.39 is 0 Å². The lowest BCUT2D eigenvalue weighted by molar-refractivity contribution is -0.122. The topological polar surface area (TPSA) is 64.3 Å². The molecule has 106 valence electrons. The summed E-state index contributed by atoms with van der Waals surface area (Å²) in [6.45, 7) is 4.49. The molecule has 1 aliphatic carbocycles. The standard InChI is InChI=1S/C14H28N2O2/c1-14(2,18-3)10-16-13(17)8-7-11-5-4-6-12(15)9-11/h11-12H,4-10,15H2,1-3H3,(H,16,17). The van der Waals surface area contributed by atoms with Crippen LogP contribution in [-0.2, 0) is 9.53 Å². The summed E-state index contributed by atoms with van der Waals surface area (Å²) in [5.74, 6) is 0.759. The average Bonchev–Trinajstić information content (AvgIpc) is 2.34. The molecule has 3 N–H and O–H groups in total. The zero-order valence-corrected chi connectivity index (χ0v) is 12.0. The van der Waals surface area contributed by atoms with Crippen molar-refractivity contribution >= 4 is 5.91 Å². The SMILES string of the molecule is COC(C)(C)CNC(=O)CCC1CCCC(N)C1. The first-order valence-corrected chi connectivity index (χ1v) is 7.00. The number of ether oxygens (including phenoxy) is 1. The van der Waals surface area contributed by atoms with Crippen molar-refractivity contribution < 1.29 is 9.53 Å². The first kappa shape index (κ1) is 15.4. The maximum absolute atomic E-state index is 11.7. The summed E-state index contributed by atoms with van der Waals surface area (Å²) in [7, 11) is 1.66. The van der Waals surface area contributed by atoms with Crippen LogP contribution in [0.1, 0.15) is 52.4 Å². The highest BCUT2D eigenvalue weighted by molar-refractivity contribution is 5.75. The predicted molar refractivity (Wildman–Crippen MR) is 73.3 cm³/mol. The summed E-state index contributed by atoms with van der Waals surface area (Å²) in [6.07, 6.45) is 6.24.